The van der Waals surface area contributed by atoms with Crippen LogP contribution in [0.4, 0.5) is 0 Å². The van der Waals surface area contributed by atoms with Gasteiger partial charge in [0.15, 0.2) is 0 Å². The normalized spacial score (nSPS) is 31.0. The van der Waals surface area contributed by atoms with E-state index in [1.54, 1.807) is 4.90 Å². The summed E-state index contributed by atoms with van der Waals surface area (Å²) < 4.78 is 6.48. The number of fused-ring (bicyclic) bond motifs is 1. The first-order valence-electron chi connectivity index (χ1n) is 12.8. The molecule has 3 amide bonds. The number of hydrogen-bond donors (Lipinski definition) is 3. The molecule has 0 aliphatic carbocycles. The number of carbonyl (C=O) groups excluding carboxylic acids is 3. The van der Waals surface area contributed by atoms with Crippen molar-refractivity contribution in [2.45, 2.75) is 74.6 Å². The summed E-state index contributed by atoms with van der Waals surface area (Å²) in [6.45, 7) is 3.46. The van der Waals surface area contributed by atoms with Gasteiger partial charge >= 0.3 is 0 Å². The molecule has 1 aromatic carbocycles. The van der Waals surface area contributed by atoms with Crippen LogP contribution < -0.4 is 10.6 Å². The minimum absolute atomic E-state index is 0.0992. The Morgan fingerprint density at radius 1 is 1.14 bits per heavy atom. The van der Waals surface area contributed by atoms with Crippen LogP contribution >= 0.6 is 15.9 Å². The maximum Gasteiger partial charge on any atom is 0.246 e. The summed E-state index contributed by atoms with van der Waals surface area (Å²) in [6, 6.07) is 8.87. The number of benzene rings is 1. The summed E-state index contributed by atoms with van der Waals surface area (Å²) in [5, 5.41) is 15.0. The molecule has 3 fully saturated rings. The van der Waals surface area contributed by atoms with Crippen LogP contribution in [0.5, 0.6) is 0 Å². The second kappa shape index (κ2) is 11.4. The summed E-state index contributed by atoms with van der Waals surface area (Å²) >= 11 is 3.69. The van der Waals surface area contributed by atoms with E-state index in [2.05, 4.69) is 26.6 Å². The third-order valence-electron chi connectivity index (χ3n) is 7.51. The van der Waals surface area contributed by atoms with Gasteiger partial charge in [-0.3, -0.25) is 14.4 Å². The quantitative estimate of drug-likeness (QED) is 0.273. The van der Waals surface area contributed by atoms with Crippen molar-refractivity contribution in [2.75, 3.05) is 19.7 Å². The van der Waals surface area contributed by atoms with E-state index < -0.39 is 29.6 Å². The fourth-order valence-corrected chi connectivity index (χ4v) is 6.91. The zero-order valence-corrected chi connectivity index (χ0v) is 21.8. The Kier molecular flexibility index (Phi) is 8.50. The van der Waals surface area contributed by atoms with Crippen molar-refractivity contribution in [3.8, 4) is 0 Å². The molecule has 9 heteroatoms. The number of carbonyl (C=O) groups is 3. The Morgan fingerprint density at radius 2 is 1.89 bits per heavy atom. The zero-order chi connectivity index (χ0) is 25.0. The number of amides is 3. The van der Waals surface area contributed by atoms with E-state index >= 15 is 0 Å². The van der Waals surface area contributed by atoms with Gasteiger partial charge in [0.25, 0.3) is 0 Å². The molecular weight excluding hydrogens is 514 g/mol. The van der Waals surface area contributed by atoms with Crippen LogP contribution in [0.15, 0.2) is 30.3 Å². The van der Waals surface area contributed by atoms with E-state index in [4.69, 9.17) is 9.84 Å². The smallest absolute Gasteiger partial charge is 0.246 e. The van der Waals surface area contributed by atoms with E-state index in [0.29, 0.717) is 26.1 Å². The Balaban J connectivity index is 1.58. The lowest BCUT2D eigenvalue weighted by atomic mass is 9.70. The molecule has 3 N–H and O–H groups in total. The SMILES string of the molecule is CCCNC(=O)[C@H]1[C@H]2C(=O)N(CCCCCCO)C(C(=O)NCc3ccccc3)C23CC(Br)[C@@H]1O3. The number of aliphatic hydroxyl groups is 1. The van der Waals surface area contributed by atoms with Crippen molar-refractivity contribution in [2.24, 2.45) is 11.8 Å². The largest absolute Gasteiger partial charge is 0.396 e. The predicted octanol–water partition coefficient (Wildman–Crippen LogP) is 2.13. The molecule has 3 saturated heterocycles. The van der Waals surface area contributed by atoms with E-state index in [1.807, 2.05) is 37.3 Å². The average Bonchev–Trinajstić information content (AvgIpc) is 3.45. The van der Waals surface area contributed by atoms with Crippen LogP contribution in [0.3, 0.4) is 0 Å². The number of rotatable bonds is 12. The number of hydrogen-bond acceptors (Lipinski definition) is 5. The van der Waals surface area contributed by atoms with Gasteiger partial charge in [-0.2, -0.15) is 0 Å². The van der Waals surface area contributed by atoms with Crippen LogP contribution in [0, 0.1) is 11.8 Å². The lowest BCUT2D eigenvalue weighted by Gasteiger charge is -2.34. The van der Waals surface area contributed by atoms with Crippen molar-refractivity contribution in [3.05, 3.63) is 35.9 Å². The van der Waals surface area contributed by atoms with Gasteiger partial charge in [0.1, 0.15) is 11.6 Å². The molecule has 8 nitrogen and oxygen atoms in total. The summed E-state index contributed by atoms with van der Waals surface area (Å²) in [7, 11) is 0. The molecule has 1 aromatic rings. The molecule has 3 aliphatic heterocycles. The lowest BCUT2D eigenvalue weighted by molar-refractivity contribution is -0.142. The molecule has 0 radical (unpaired) electrons. The molecule has 1 spiro atoms. The molecule has 3 heterocycles. The fourth-order valence-electron chi connectivity index (χ4n) is 5.97. The fraction of sp³-hybridized carbons (Fsp3) is 0.654. The Morgan fingerprint density at radius 3 is 2.60 bits per heavy atom. The number of likely N-dealkylation sites (tertiary alicyclic amines) is 1. The highest BCUT2D eigenvalue weighted by Crippen LogP contribution is 2.60. The van der Waals surface area contributed by atoms with E-state index in [9.17, 15) is 14.4 Å². The molecular formula is C26H36BrN3O5. The molecule has 4 rings (SSSR count). The highest BCUT2D eigenvalue weighted by atomic mass is 79.9. The van der Waals surface area contributed by atoms with Crippen LogP contribution in [0.2, 0.25) is 0 Å². The standard InChI is InChI=1S/C26H36BrN3O5/c1-2-12-28-23(32)19-20-25(34)30(13-8-3-4-9-14-31)22(26(20)15-18(27)21(19)35-26)24(33)29-16-17-10-6-5-7-11-17/h5-7,10-11,18-22,31H,2-4,8-9,12-16H2,1H3,(H,28,32)(H,29,33)/t18?,19-,20-,21-,22?,26?/m0/s1. The second-order valence-electron chi connectivity index (χ2n) is 9.83. The van der Waals surface area contributed by atoms with Gasteiger partial charge in [0.05, 0.1) is 17.9 Å². The third-order valence-corrected chi connectivity index (χ3v) is 8.35. The van der Waals surface area contributed by atoms with Crippen molar-refractivity contribution in [1.82, 2.24) is 15.5 Å². The minimum atomic E-state index is -1.02. The van der Waals surface area contributed by atoms with E-state index in [0.717, 1.165) is 37.7 Å². The number of alkyl halides is 1. The highest BCUT2D eigenvalue weighted by Gasteiger charge is 2.76. The third kappa shape index (κ3) is 5.00. The van der Waals surface area contributed by atoms with Gasteiger partial charge in [-0.25, -0.2) is 0 Å². The van der Waals surface area contributed by atoms with E-state index in [1.165, 1.54) is 0 Å². The minimum Gasteiger partial charge on any atom is -0.396 e. The topological polar surface area (TPSA) is 108 Å². The number of halogens is 1. The van der Waals surface area contributed by atoms with Crippen molar-refractivity contribution < 1.29 is 24.2 Å². The Bertz CT molecular complexity index is 916. The first-order valence-corrected chi connectivity index (χ1v) is 13.7. The highest BCUT2D eigenvalue weighted by molar-refractivity contribution is 9.09. The van der Waals surface area contributed by atoms with Crippen LogP contribution in [0.1, 0.15) is 51.0 Å². The first kappa shape index (κ1) is 26.1. The second-order valence-corrected chi connectivity index (χ2v) is 11.0. The molecule has 6 atom stereocenters. The van der Waals surface area contributed by atoms with Crippen molar-refractivity contribution >= 4 is 33.7 Å². The van der Waals surface area contributed by atoms with Gasteiger partial charge in [-0.15, -0.1) is 0 Å². The van der Waals surface area contributed by atoms with Gasteiger partial charge in [0.2, 0.25) is 17.7 Å². The summed E-state index contributed by atoms with van der Waals surface area (Å²) in [5.74, 6) is -1.85. The molecule has 0 saturated carbocycles. The summed E-state index contributed by atoms with van der Waals surface area (Å²) in [5.41, 5.74) is -0.0441. The van der Waals surface area contributed by atoms with Crippen LogP contribution in [-0.4, -0.2) is 70.0 Å². The number of nitrogens with zero attached hydrogens (tertiary/aromatic N) is 1. The summed E-state index contributed by atoms with van der Waals surface area (Å²) in [6.07, 6.45) is 4.04. The zero-order valence-electron chi connectivity index (χ0n) is 20.2. The number of nitrogens with one attached hydrogen (secondary N) is 2. The molecule has 192 valence electrons. The Hall–Kier alpha value is -1.97. The van der Waals surface area contributed by atoms with Gasteiger partial charge < -0.3 is 25.4 Å². The monoisotopic (exact) mass is 549 g/mol. The molecule has 3 unspecified atom stereocenters. The van der Waals surface area contributed by atoms with Crippen molar-refractivity contribution in [1.29, 1.82) is 0 Å². The number of aliphatic hydroxyl groups excluding tert-OH is 1. The lowest BCUT2D eigenvalue weighted by Crippen LogP contribution is -2.56. The predicted molar refractivity (Wildman–Crippen MR) is 135 cm³/mol. The van der Waals surface area contributed by atoms with Gasteiger partial charge in [0, 0.05) is 31.1 Å². The maximum atomic E-state index is 13.8. The van der Waals surface area contributed by atoms with Gasteiger partial charge in [-0.05, 0) is 31.2 Å². The summed E-state index contributed by atoms with van der Waals surface area (Å²) in [4.78, 5) is 42.2. The molecule has 35 heavy (non-hydrogen) atoms. The van der Waals surface area contributed by atoms with Crippen molar-refractivity contribution in [3.63, 3.8) is 0 Å². The van der Waals surface area contributed by atoms with Crippen LogP contribution in [0.25, 0.3) is 0 Å². The van der Waals surface area contributed by atoms with Gasteiger partial charge in [-0.1, -0.05) is 66.0 Å². The average molecular weight is 550 g/mol. The maximum absolute atomic E-state index is 13.8. The number of unbranched alkanes of at least 4 members (excludes halogenated alkanes) is 3. The molecule has 0 aromatic heterocycles. The number of ether oxygens (including phenoxy) is 1. The van der Waals surface area contributed by atoms with Crippen LogP contribution in [-0.2, 0) is 25.7 Å². The Labute approximate surface area is 215 Å². The first-order chi connectivity index (χ1) is 16.9. The molecule has 3 aliphatic rings. The van der Waals surface area contributed by atoms with E-state index in [-0.39, 0.29) is 29.2 Å². The molecule has 2 bridgehead atoms.